The lowest BCUT2D eigenvalue weighted by atomic mass is 10.2. The van der Waals surface area contributed by atoms with Gasteiger partial charge in [0.1, 0.15) is 5.75 Å². The van der Waals surface area contributed by atoms with Crippen LogP contribution < -0.4 is 10.5 Å². The fourth-order valence-corrected chi connectivity index (χ4v) is 1.09. The van der Waals surface area contributed by atoms with Gasteiger partial charge in [0.2, 0.25) is 5.90 Å². The Labute approximate surface area is 103 Å². The van der Waals surface area contributed by atoms with Gasteiger partial charge in [0.15, 0.2) is 0 Å². The molecular weight excluding hydrogens is 245 g/mol. The zero-order chi connectivity index (χ0) is 13.9. The second-order valence-electron chi connectivity index (χ2n) is 3.76. The minimum Gasteiger partial charge on any atom is -0.439 e. The summed E-state index contributed by atoms with van der Waals surface area (Å²) >= 11 is 0. The third-order valence-corrected chi connectivity index (χ3v) is 2.33. The van der Waals surface area contributed by atoms with E-state index in [0.717, 1.165) is 24.3 Å². The largest absolute Gasteiger partial charge is 0.439 e. The van der Waals surface area contributed by atoms with Crippen molar-refractivity contribution in [3.63, 3.8) is 0 Å². The number of ether oxygens (including phenoxy) is 1. The Morgan fingerprint density at radius 1 is 1.17 bits per heavy atom. The molecule has 6 heteroatoms. The normalized spacial score (nSPS) is 12.9. The van der Waals surface area contributed by atoms with Gasteiger partial charge in [0.25, 0.3) is 0 Å². The van der Waals surface area contributed by atoms with E-state index in [2.05, 4.69) is 0 Å². The van der Waals surface area contributed by atoms with E-state index in [1.54, 1.807) is 13.8 Å². The van der Waals surface area contributed by atoms with Crippen molar-refractivity contribution < 1.29 is 17.9 Å². The molecule has 0 aliphatic heterocycles. The molecule has 0 saturated heterocycles. The summed E-state index contributed by atoms with van der Waals surface area (Å²) in [5, 5.41) is 7.56. The molecule has 0 aromatic heterocycles. The number of benzene rings is 1. The topological polar surface area (TPSA) is 59.1 Å². The van der Waals surface area contributed by atoms with Crippen molar-refractivity contribution in [3.8, 4) is 5.75 Å². The average molecular weight is 258 g/mol. The van der Waals surface area contributed by atoms with E-state index in [9.17, 15) is 13.2 Å². The summed E-state index contributed by atoms with van der Waals surface area (Å²) in [5.74, 6) is -0.0247. The van der Waals surface area contributed by atoms with Crippen LogP contribution in [0.25, 0.3) is 0 Å². The first-order valence-corrected chi connectivity index (χ1v) is 5.09. The Kier molecular flexibility index (Phi) is 4.00. The Balaban J connectivity index is 2.83. The lowest BCUT2D eigenvalue weighted by molar-refractivity contribution is -0.137. The maximum Gasteiger partial charge on any atom is 0.416 e. The fourth-order valence-electron chi connectivity index (χ4n) is 1.09. The number of allylic oxidation sites excluding steroid dienone is 1. The van der Waals surface area contributed by atoms with E-state index in [1.807, 2.05) is 0 Å². The number of nitrogens with one attached hydrogen (secondary N) is 1. The van der Waals surface area contributed by atoms with Gasteiger partial charge in [-0.25, -0.2) is 0 Å². The number of nitrogens with two attached hydrogens (primary N) is 1. The SMILES string of the molecule is C/C(N)=C(\C)C(=N)Oc1ccc(C(F)(F)F)cc1. The first kappa shape index (κ1) is 14.1. The Morgan fingerprint density at radius 3 is 2.06 bits per heavy atom. The molecule has 0 aliphatic rings. The van der Waals surface area contributed by atoms with Crippen molar-refractivity contribution in [2.45, 2.75) is 20.0 Å². The van der Waals surface area contributed by atoms with Crippen LogP contribution in [0.3, 0.4) is 0 Å². The predicted octanol–water partition coefficient (Wildman–Crippen LogP) is 3.31. The highest BCUT2D eigenvalue weighted by molar-refractivity contribution is 5.92. The first-order valence-electron chi connectivity index (χ1n) is 5.09. The molecule has 0 bridgehead atoms. The molecule has 0 spiro atoms. The predicted molar refractivity (Wildman–Crippen MR) is 62.4 cm³/mol. The van der Waals surface area contributed by atoms with Crippen LogP contribution in [0.2, 0.25) is 0 Å². The molecule has 0 radical (unpaired) electrons. The Bertz CT molecular complexity index is 471. The molecule has 1 rings (SSSR count). The second-order valence-corrected chi connectivity index (χ2v) is 3.76. The lowest BCUT2D eigenvalue weighted by Crippen LogP contribution is -2.12. The molecule has 1 aromatic carbocycles. The van der Waals surface area contributed by atoms with Gasteiger partial charge in [-0.2, -0.15) is 13.2 Å². The van der Waals surface area contributed by atoms with Crippen LogP contribution in [0.15, 0.2) is 35.5 Å². The molecular formula is C12H13F3N2O. The maximum atomic E-state index is 12.3. The number of rotatable bonds is 2. The van der Waals surface area contributed by atoms with Crippen LogP contribution in [0.4, 0.5) is 13.2 Å². The van der Waals surface area contributed by atoms with Gasteiger partial charge in [-0.3, -0.25) is 5.41 Å². The van der Waals surface area contributed by atoms with E-state index < -0.39 is 11.7 Å². The highest BCUT2D eigenvalue weighted by atomic mass is 19.4. The maximum absolute atomic E-state index is 12.3. The summed E-state index contributed by atoms with van der Waals surface area (Å²) < 4.78 is 42.0. The highest BCUT2D eigenvalue weighted by Gasteiger charge is 2.30. The summed E-state index contributed by atoms with van der Waals surface area (Å²) in [5.41, 5.74) is 5.58. The third-order valence-electron chi connectivity index (χ3n) is 2.33. The third kappa shape index (κ3) is 3.51. The van der Waals surface area contributed by atoms with Crippen LogP contribution in [0.5, 0.6) is 5.75 Å². The van der Waals surface area contributed by atoms with Gasteiger partial charge in [0, 0.05) is 11.3 Å². The quantitative estimate of drug-likeness (QED) is 0.631. The van der Waals surface area contributed by atoms with Gasteiger partial charge in [-0.1, -0.05) is 0 Å². The van der Waals surface area contributed by atoms with Crippen LogP contribution in [0.1, 0.15) is 19.4 Å². The van der Waals surface area contributed by atoms with Gasteiger partial charge < -0.3 is 10.5 Å². The zero-order valence-corrected chi connectivity index (χ0v) is 9.93. The fraction of sp³-hybridized carbons (Fsp3) is 0.250. The molecule has 0 unspecified atom stereocenters. The minimum absolute atomic E-state index is 0.161. The Hall–Kier alpha value is -1.98. The van der Waals surface area contributed by atoms with Gasteiger partial charge >= 0.3 is 6.18 Å². The summed E-state index contributed by atoms with van der Waals surface area (Å²) in [6.45, 7) is 3.21. The summed E-state index contributed by atoms with van der Waals surface area (Å²) in [6, 6.07) is 4.13. The Morgan fingerprint density at radius 2 is 1.67 bits per heavy atom. The smallest absolute Gasteiger partial charge is 0.416 e. The van der Waals surface area contributed by atoms with E-state index in [1.165, 1.54) is 0 Å². The van der Waals surface area contributed by atoms with Crippen LogP contribution in [-0.4, -0.2) is 5.90 Å². The molecule has 0 amide bonds. The molecule has 98 valence electrons. The van der Waals surface area contributed by atoms with Crippen LogP contribution in [0, 0.1) is 5.41 Å². The second kappa shape index (κ2) is 5.12. The van der Waals surface area contributed by atoms with E-state index >= 15 is 0 Å². The van der Waals surface area contributed by atoms with Gasteiger partial charge in [-0.15, -0.1) is 0 Å². The number of hydrogen-bond acceptors (Lipinski definition) is 3. The van der Waals surface area contributed by atoms with Gasteiger partial charge in [0.05, 0.1) is 5.56 Å². The monoisotopic (exact) mass is 258 g/mol. The van der Waals surface area contributed by atoms with Crippen molar-refractivity contribution in [2.75, 3.05) is 0 Å². The molecule has 0 saturated carbocycles. The van der Waals surface area contributed by atoms with E-state index in [-0.39, 0.29) is 11.6 Å². The summed E-state index contributed by atoms with van der Waals surface area (Å²) in [6.07, 6.45) is -4.38. The van der Waals surface area contributed by atoms with E-state index in [4.69, 9.17) is 15.9 Å². The van der Waals surface area contributed by atoms with Crippen molar-refractivity contribution in [3.05, 3.63) is 41.1 Å². The van der Waals surface area contributed by atoms with Crippen molar-refractivity contribution in [2.24, 2.45) is 5.73 Å². The number of halogens is 3. The molecule has 3 nitrogen and oxygen atoms in total. The molecule has 0 heterocycles. The van der Waals surface area contributed by atoms with Crippen molar-refractivity contribution in [1.29, 1.82) is 5.41 Å². The molecule has 0 atom stereocenters. The molecule has 0 fully saturated rings. The molecule has 3 N–H and O–H groups in total. The summed E-state index contributed by atoms with van der Waals surface area (Å²) in [4.78, 5) is 0. The lowest BCUT2D eigenvalue weighted by Gasteiger charge is -2.10. The van der Waals surface area contributed by atoms with Crippen molar-refractivity contribution >= 4 is 5.90 Å². The van der Waals surface area contributed by atoms with E-state index in [0.29, 0.717) is 11.3 Å². The van der Waals surface area contributed by atoms with Crippen LogP contribution >= 0.6 is 0 Å². The zero-order valence-electron chi connectivity index (χ0n) is 9.93. The highest BCUT2D eigenvalue weighted by Crippen LogP contribution is 2.30. The molecule has 0 aliphatic carbocycles. The van der Waals surface area contributed by atoms with Gasteiger partial charge in [-0.05, 0) is 38.1 Å². The van der Waals surface area contributed by atoms with Crippen LogP contribution in [-0.2, 0) is 6.18 Å². The standard InChI is InChI=1S/C12H13F3N2O/c1-7(8(2)16)11(17)18-10-5-3-9(4-6-10)12(13,14)15/h3-6,17H,16H2,1-2H3/b8-7-,17-11?. The first-order chi connectivity index (χ1) is 8.21. The molecule has 1 aromatic rings. The summed E-state index contributed by atoms with van der Waals surface area (Å²) in [7, 11) is 0. The average Bonchev–Trinajstić information content (AvgIpc) is 2.27. The molecule has 18 heavy (non-hydrogen) atoms. The number of alkyl halides is 3. The van der Waals surface area contributed by atoms with Crippen molar-refractivity contribution in [1.82, 2.24) is 0 Å². The minimum atomic E-state index is -4.38. The number of hydrogen-bond donors (Lipinski definition) is 2.